The molecule has 0 unspecified atom stereocenters. The van der Waals surface area contributed by atoms with Crippen molar-refractivity contribution in [2.45, 2.75) is 56.7 Å². The number of benzene rings is 3. The zero-order chi connectivity index (χ0) is 33.9. The van der Waals surface area contributed by atoms with Crippen LogP contribution in [0.3, 0.4) is 0 Å². The molecule has 0 aliphatic heterocycles. The highest BCUT2D eigenvalue weighted by molar-refractivity contribution is 5.86. The van der Waals surface area contributed by atoms with Crippen LogP contribution in [-0.4, -0.2) is 55.3 Å². The first kappa shape index (κ1) is 36.9. The summed E-state index contributed by atoms with van der Waals surface area (Å²) in [5, 5.41) is 15.8. The number of rotatable bonds is 21. The lowest BCUT2D eigenvalue weighted by atomic mass is 9.94. The quantitative estimate of drug-likeness (QED) is 0.104. The molecule has 0 aliphatic carbocycles. The number of aliphatic hydroxyl groups is 1. The Bertz CT molecular complexity index is 1380. The Balaban J connectivity index is 1.78. The van der Waals surface area contributed by atoms with Crippen LogP contribution in [0.2, 0.25) is 0 Å². The average Bonchev–Trinajstić information content (AvgIpc) is 3.09. The first-order valence-electron chi connectivity index (χ1n) is 16.1. The second kappa shape index (κ2) is 20.6. The fourth-order valence-electron chi connectivity index (χ4n) is 5.51. The molecule has 0 spiro atoms. The SMILES string of the molecule is C=CCC[C@H](Cc1ccccc1)C(=O)O[C@@H](c1ccccc1)[C@H](COC)NC(=O)[C@H](CC=C)CC(=O)N[C@H](CO)Cc1ccccc1. The third-order valence-electron chi connectivity index (χ3n) is 7.95. The third kappa shape index (κ3) is 12.6. The number of allylic oxidation sites excluding steroid dienone is 2. The van der Waals surface area contributed by atoms with E-state index in [1.807, 2.05) is 91.0 Å². The molecule has 0 fully saturated rings. The smallest absolute Gasteiger partial charge is 0.309 e. The molecule has 8 heteroatoms. The monoisotopic (exact) mass is 640 g/mol. The lowest BCUT2D eigenvalue weighted by Crippen LogP contribution is -2.47. The largest absolute Gasteiger partial charge is 0.455 e. The van der Waals surface area contributed by atoms with Crippen LogP contribution in [0.1, 0.15) is 48.5 Å². The van der Waals surface area contributed by atoms with Gasteiger partial charge in [-0.25, -0.2) is 0 Å². The standard InChI is InChI=1S/C39H48N2O6/c1-4-6-21-33(24-29-17-10-7-11-18-29)39(45)47-37(31-22-14-9-15-23-31)35(28-46-3)41-38(44)32(16-5-2)26-36(43)40-34(27-42)25-30-19-12-8-13-20-30/h4-5,7-15,17-20,22-23,32-35,37,42H,1-2,6,16,21,24-28H2,3H3,(H,40,43)(H,41,44)/t32-,33-,34+,35+,37+/m1/s1. The lowest BCUT2D eigenvalue weighted by Gasteiger charge is -2.30. The summed E-state index contributed by atoms with van der Waals surface area (Å²) < 4.78 is 11.7. The predicted octanol–water partition coefficient (Wildman–Crippen LogP) is 5.53. The number of nitrogens with one attached hydrogen (secondary N) is 2. The van der Waals surface area contributed by atoms with Crippen molar-refractivity contribution in [1.29, 1.82) is 0 Å². The number of esters is 1. The van der Waals surface area contributed by atoms with Gasteiger partial charge in [-0.15, -0.1) is 13.2 Å². The molecule has 0 aromatic heterocycles. The van der Waals surface area contributed by atoms with Crippen LogP contribution < -0.4 is 10.6 Å². The second-order valence-electron chi connectivity index (χ2n) is 11.7. The van der Waals surface area contributed by atoms with E-state index in [0.717, 1.165) is 11.1 Å². The number of aliphatic hydroxyl groups excluding tert-OH is 1. The molecule has 8 nitrogen and oxygen atoms in total. The molecule has 3 N–H and O–H groups in total. The molecule has 0 radical (unpaired) electrons. The number of hydrogen-bond acceptors (Lipinski definition) is 6. The van der Waals surface area contributed by atoms with Gasteiger partial charge in [0.1, 0.15) is 6.10 Å². The zero-order valence-corrected chi connectivity index (χ0v) is 27.3. The minimum absolute atomic E-state index is 0.0608. The van der Waals surface area contributed by atoms with Gasteiger partial charge in [0, 0.05) is 13.5 Å². The summed E-state index contributed by atoms with van der Waals surface area (Å²) in [6, 6.07) is 27.4. The zero-order valence-electron chi connectivity index (χ0n) is 27.3. The van der Waals surface area contributed by atoms with Crippen LogP contribution in [0.4, 0.5) is 0 Å². The van der Waals surface area contributed by atoms with E-state index in [1.54, 1.807) is 12.2 Å². The van der Waals surface area contributed by atoms with E-state index in [0.29, 0.717) is 31.2 Å². The Labute approximate surface area is 278 Å². The maximum Gasteiger partial charge on any atom is 0.309 e. The minimum atomic E-state index is -0.850. The maximum absolute atomic E-state index is 13.8. The van der Waals surface area contributed by atoms with Crippen LogP contribution in [0.5, 0.6) is 0 Å². The van der Waals surface area contributed by atoms with Crippen molar-refractivity contribution in [2.24, 2.45) is 11.8 Å². The lowest BCUT2D eigenvalue weighted by molar-refractivity contribution is -0.158. The van der Waals surface area contributed by atoms with E-state index < -0.39 is 35.9 Å². The highest BCUT2D eigenvalue weighted by Gasteiger charge is 2.33. The van der Waals surface area contributed by atoms with Gasteiger partial charge >= 0.3 is 5.97 Å². The second-order valence-corrected chi connectivity index (χ2v) is 11.7. The molecule has 3 rings (SSSR count). The molecule has 0 saturated carbocycles. The Kier molecular flexibility index (Phi) is 16.2. The van der Waals surface area contributed by atoms with Gasteiger partial charge in [-0.3, -0.25) is 14.4 Å². The van der Waals surface area contributed by atoms with Gasteiger partial charge in [0.25, 0.3) is 0 Å². The summed E-state index contributed by atoms with van der Waals surface area (Å²) in [7, 11) is 1.52. The van der Waals surface area contributed by atoms with Crippen molar-refractivity contribution >= 4 is 17.8 Å². The first-order chi connectivity index (χ1) is 22.9. The number of carbonyl (C=O) groups is 3. The normalized spacial score (nSPS) is 14.1. The number of carbonyl (C=O) groups excluding carboxylic acids is 3. The molecule has 0 bridgehead atoms. The fourth-order valence-corrected chi connectivity index (χ4v) is 5.51. The Hall–Kier alpha value is -4.53. The summed E-state index contributed by atoms with van der Waals surface area (Å²) in [5.41, 5.74) is 2.70. The number of methoxy groups -OCH3 is 1. The van der Waals surface area contributed by atoms with Crippen molar-refractivity contribution in [1.82, 2.24) is 10.6 Å². The highest BCUT2D eigenvalue weighted by Crippen LogP contribution is 2.27. The third-order valence-corrected chi connectivity index (χ3v) is 7.95. The van der Waals surface area contributed by atoms with E-state index in [9.17, 15) is 19.5 Å². The molecular formula is C39H48N2O6. The summed E-state index contributed by atoms with van der Waals surface area (Å²) in [5.74, 6) is -2.30. The van der Waals surface area contributed by atoms with Crippen LogP contribution in [0, 0.1) is 11.8 Å². The van der Waals surface area contributed by atoms with E-state index >= 15 is 0 Å². The molecule has 5 atom stereocenters. The number of ether oxygens (including phenoxy) is 2. The van der Waals surface area contributed by atoms with E-state index in [1.165, 1.54) is 7.11 Å². The summed E-state index contributed by atoms with van der Waals surface area (Å²) in [6.07, 6.45) is 4.84. The Morgan fingerprint density at radius 3 is 1.96 bits per heavy atom. The molecule has 2 amide bonds. The van der Waals surface area contributed by atoms with Crippen molar-refractivity contribution in [3.05, 3.63) is 133 Å². The summed E-state index contributed by atoms with van der Waals surface area (Å²) in [4.78, 5) is 40.6. The minimum Gasteiger partial charge on any atom is -0.455 e. The van der Waals surface area contributed by atoms with Gasteiger partial charge in [-0.2, -0.15) is 0 Å². The highest BCUT2D eigenvalue weighted by atomic mass is 16.5. The van der Waals surface area contributed by atoms with Crippen LogP contribution >= 0.6 is 0 Å². The van der Waals surface area contributed by atoms with Crippen molar-refractivity contribution in [2.75, 3.05) is 20.3 Å². The van der Waals surface area contributed by atoms with E-state index in [2.05, 4.69) is 23.8 Å². The van der Waals surface area contributed by atoms with Gasteiger partial charge in [-0.05, 0) is 48.8 Å². The van der Waals surface area contributed by atoms with Gasteiger partial charge in [-0.1, -0.05) is 103 Å². The van der Waals surface area contributed by atoms with Crippen LogP contribution in [-0.2, 0) is 36.7 Å². The van der Waals surface area contributed by atoms with Gasteiger partial charge < -0.3 is 25.2 Å². The van der Waals surface area contributed by atoms with E-state index in [4.69, 9.17) is 9.47 Å². The maximum atomic E-state index is 13.8. The molecule has 0 aliphatic rings. The van der Waals surface area contributed by atoms with Crippen LogP contribution in [0.25, 0.3) is 0 Å². The van der Waals surface area contributed by atoms with Crippen molar-refractivity contribution in [3.63, 3.8) is 0 Å². The van der Waals surface area contributed by atoms with Crippen molar-refractivity contribution in [3.8, 4) is 0 Å². The topological polar surface area (TPSA) is 114 Å². The summed E-state index contributed by atoms with van der Waals surface area (Å²) >= 11 is 0. The Morgan fingerprint density at radius 2 is 1.40 bits per heavy atom. The predicted molar refractivity (Wildman–Crippen MR) is 184 cm³/mol. The first-order valence-corrected chi connectivity index (χ1v) is 16.1. The molecule has 250 valence electrons. The summed E-state index contributed by atoms with van der Waals surface area (Å²) in [6.45, 7) is 7.43. The van der Waals surface area contributed by atoms with E-state index in [-0.39, 0.29) is 37.9 Å². The molecular weight excluding hydrogens is 592 g/mol. The molecule has 0 saturated heterocycles. The fraction of sp³-hybridized carbons (Fsp3) is 0.359. The average molecular weight is 641 g/mol. The number of amides is 2. The molecule has 0 heterocycles. The Morgan fingerprint density at radius 1 is 0.809 bits per heavy atom. The van der Waals surface area contributed by atoms with Gasteiger partial charge in [0.15, 0.2) is 0 Å². The van der Waals surface area contributed by atoms with Crippen LogP contribution in [0.15, 0.2) is 116 Å². The number of hydrogen-bond donors (Lipinski definition) is 3. The molecule has 3 aromatic rings. The molecule has 47 heavy (non-hydrogen) atoms. The van der Waals surface area contributed by atoms with Gasteiger partial charge in [0.05, 0.1) is 37.1 Å². The van der Waals surface area contributed by atoms with Crippen molar-refractivity contribution < 1.29 is 29.0 Å². The molecule has 3 aromatic carbocycles. The van der Waals surface area contributed by atoms with Gasteiger partial charge in [0.2, 0.25) is 11.8 Å².